The molecule has 0 aromatic heterocycles. The number of rotatable bonds is 5. The lowest BCUT2D eigenvalue weighted by Gasteiger charge is -2.37. The molecule has 0 unspecified atom stereocenters. The average molecular weight is 433 g/mol. The van der Waals surface area contributed by atoms with Crippen LogP contribution < -0.4 is 15.0 Å². The summed E-state index contributed by atoms with van der Waals surface area (Å²) in [6.07, 6.45) is 0. The number of carbonyl (C=O) groups excluding carboxylic acids is 2. The monoisotopic (exact) mass is 432 g/mol. The van der Waals surface area contributed by atoms with Gasteiger partial charge >= 0.3 is 5.69 Å². The molecule has 0 aliphatic carbocycles. The van der Waals surface area contributed by atoms with E-state index in [1.807, 2.05) is 4.90 Å². The summed E-state index contributed by atoms with van der Waals surface area (Å²) in [5, 5.41) is 14.5. The molecule has 1 N–H and O–H groups in total. The molecule has 2 aromatic rings. The molecule has 0 spiro atoms. The summed E-state index contributed by atoms with van der Waals surface area (Å²) in [6, 6.07) is 9.16. The van der Waals surface area contributed by atoms with Gasteiger partial charge < -0.3 is 19.9 Å². The van der Waals surface area contributed by atoms with Gasteiger partial charge in [-0.3, -0.25) is 19.7 Å². The lowest BCUT2D eigenvalue weighted by Crippen LogP contribution is -2.48. The van der Waals surface area contributed by atoms with Crippen LogP contribution in [0.5, 0.6) is 5.75 Å². The van der Waals surface area contributed by atoms with Crippen molar-refractivity contribution >= 4 is 40.5 Å². The minimum atomic E-state index is -0.602. The lowest BCUT2D eigenvalue weighted by molar-refractivity contribution is -0.385. The maximum Gasteiger partial charge on any atom is 0.311 e. The van der Waals surface area contributed by atoms with E-state index < -0.39 is 10.8 Å². The molecule has 2 aromatic carbocycles. The van der Waals surface area contributed by atoms with Crippen LogP contribution in [-0.2, 0) is 4.79 Å². The summed E-state index contributed by atoms with van der Waals surface area (Å²) < 4.78 is 4.97. The molecule has 1 saturated heterocycles. The Hall–Kier alpha value is -3.33. The lowest BCUT2D eigenvalue weighted by atomic mass is 10.1. The van der Waals surface area contributed by atoms with Crippen LogP contribution in [0.25, 0.3) is 0 Å². The van der Waals surface area contributed by atoms with Gasteiger partial charge in [-0.15, -0.1) is 0 Å². The average Bonchev–Trinajstić information content (AvgIpc) is 2.73. The van der Waals surface area contributed by atoms with Crippen molar-refractivity contribution in [3.63, 3.8) is 0 Å². The predicted octanol–water partition coefficient (Wildman–Crippen LogP) is 3.18. The summed E-state index contributed by atoms with van der Waals surface area (Å²) in [7, 11) is 1.33. The minimum Gasteiger partial charge on any atom is -0.490 e. The zero-order valence-electron chi connectivity index (χ0n) is 16.6. The van der Waals surface area contributed by atoms with Crippen LogP contribution in [0.2, 0.25) is 5.02 Å². The molecular formula is C20H21ClN4O5. The maximum absolute atomic E-state index is 12.8. The van der Waals surface area contributed by atoms with Crippen LogP contribution >= 0.6 is 11.6 Å². The van der Waals surface area contributed by atoms with Gasteiger partial charge in [0.15, 0.2) is 5.75 Å². The molecule has 30 heavy (non-hydrogen) atoms. The first kappa shape index (κ1) is 21.4. The van der Waals surface area contributed by atoms with E-state index in [1.165, 1.54) is 32.2 Å². The van der Waals surface area contributed by atoms with Gasteiger partial charge in [-0.05, 0) is 24.3 Å². The number of halogens is 1. The van der Waals surface area contributed by atoms with Crippen LogP contribution in [0, 0.1) is 10.1 Å². The van der Waals surface area contributed by atoms with E-state index in [2.05, 4.69) is 5.32 Å². The molecule has 1 fully saturated rings. The van der Waals surface area contributed by atoms with E-state index in [0.29, 0.717) is 42.6 Å². The quantitative estimate of drug-likeness (QED) is 0.574. The summed E-state index contributed by atoms with van der Waals surface area (Å²) in [5.74, 6) is -0.418. The standard InChI is InChI=1S/C20H21ClN4O5/c1-13(26)23-8-10-24(11-9-23)19-15(21)4-3-5-16(19)22-20(27)14-6-7-18(30-2)17(12-14)25(28)29/h3-7,12H,8-11H2,1-2H3,(H,22,27). The maximum atomic E-state index is 12.8. The number of nitrogens with one attached hydrogen (secondary N) is 1. The van der Waals surface area contributed by atoms with E-state index in [4.69, 9.17) is 16.3 Å². The third kappa shape index (κ3) is 4.46. The van der Waals surface area contributed by atoms with Crippen LogP contribution in [-0.4, -0.2) is 54.9 Å². The van der Waals surface area contributed by atoms with Gasteiger partial charge in [0.25, 0.3) is 5.91 Å². The van der Waals surface area contributed by atoms with E-state index >= 15 is 0 Å². The molecule has 1 aliphatic rings. The third-order valence-electron chi connectivity index (χ3n) is 4.91. The summed E-state index contributed by atoms with van der Waals surface area (Å²) in [4.78, 5) is 38.7. The van der Waals surface area contributed by atoms with Crippen LogP contribution in [0.4, 0.5) is 17.1 Å². The number of hydrogen-bond donors (Lipinski definition) is 1. The zero-order chi connectivity index (χ0) is 21.8. The van der Waals surface area contributed by atoms with E-state index in [1.54, 1.807) is 23.1 Å². The molecule has 0 radical (unpaired) electrons. The molecule has 0 saturated carbocycles. The van der Waals surface area contributed by atoms with Gasteiger partial charge in [-0.1, -0.05) is 17.7 Å². The normalized spacial score (nSPS) is 13.7. The fourth-order valence-corrected chi connectivity index (χ4v) is 3.64. The molecular weight excluding hydrogens is 412 g/mol. The summed E-state index contributed by atoms with van der Waals surface area (Å²) in [6.45, 7) is 3.78. The van der Waals surface area contributed by atoms with Crippen LogP contribution in [0.15, 0.2) is 36.4 Å². The highest BCUT2D eigenvalue weighted by atomic mass is 35.5. The van der Waals surface area contributed by atoms with Crippen molar-refractivity contribution in [2.45, 2.75) is 6.92 Å². The van der Waals surface area contributed by atoms with Gasteiger partial charge in [-0.25, -0.2) is 0 Å². The molecule has 1 aliphatic heterocycles. The van der Waals surface area contributed by atoms with E-state index in [0.717, 1.165) is 0 Å². The highest BCUT2D eigenvalue weighted by Crippen LogP contribution is 2.35. The van der Waals surface area contributed by atoms with E-state index in [9.17, 15) is 19.7 Å². The third-order valence-corrected chi connectivity index (χ3v) is 5.22. The number of nitro benzene ring substituents is 1. The first-order chi connectivity index (χ1) is 14.3. The Bertz CT molecular complexity index is 989. The van der Waals surface area contributed by atoms with Gasteiger partial charge in [0, 0.05) is 44.7 Å². The largest absolute Gasteiger partial charge is 0.490 e. The topological polar surface area (TPSA) is 105 Å². The second-order valence-corrected chi connectivity index (χ2v) is 7.13. The molecule has 9 nitrogen and oxygen atoms in total. The second kappa shape index (κ2) is 9.00. The number of amides is 2. The summed E-state index contributed by atoms with van der Waals surface area (Å²) in [5.41, 5.74) is 0.965. The van der Waals surface area contributed by atoms with Crippen molar-refractivity contribution in [2.24, 2.45) is 0 Å². The van der Waals surface area contributed by atoms with Gasteiger partial charge in [0.2, 0.25) is 5.91 Å². The fourth-order valence-electron chi connectivity index (χ4n) is 3.35. The molecule has 1 heterocycles. The Morgan fingerprint density at radius 3 is 2.47 bits per heavy atom. The van der Waals surface area contributed by atoms with Crippen molar-refractivity contribution in [1.29, 1.82) is 0 Å². The van der Waals surface area contributed by atoms with Crippen molar-refractivity contribution in [2.75, 3.05) is 43.5 Å². The number of piperazine rings is 1. The van der Waals surface area contributed by atoms with Crippen molar-refractivity contribution in [3.8, 4) is 5.75 Å². The number of ether oxygens (including phenoxy) is 1. The zero-order valence-corrected chi connectivity index (χ0v) is 17.3. The second-order valence-electron chi connectivity index (χ2n) is 6.73. The molecule has 0 bridgehead atoms. The van der Waals surface area contributed by atoms with Crippen molar-refractivity contribution in [1.82, 2.24) is 4.90 Å². The first-order valence-electron chi connectivity index (χ1n) is 9.24. The summed E-state index contributed by atoms with van der Waals surface area (Å²) >= 11 is 6.42. The van der Waals surface area contributed by atoms with Gasteiger partial charge in [0.05, 0.1) is 28.4 Å². The number of para-hydroxylation sites is 1. The first-order valence-corrected chi connectivity index (χ1v) is 9.62. The number of nitrogens with zero attached hydrogens (tertiary/aromatic N) is 3. The smallest absolute Gasteiger partial charge is 0.311 e. The van der Waals surface area contributed by atoms with E-state index in [-0.39, 0.29) is 22.9 Å². The number of benzene rings is 2. The Balaban J connectivity index is 1.85. The Morgan fingerprint density at radius 1 is 1.17 bits per heavy atom. The molecule has 2 amide bonds. The number of methoxy groups -OCH3 is 1. The Morgan fingerprint density at radius 2 is 1.87 bits per heavy atom. The molecule has 3 rings (SSSR count). The molecule has 0 atom stereocenters. The van der Waals surface area contributed by atoms with Crippen molar-refractivity contribution in [3.05, 3.63) is 57.1 Å². The van der Waals surface area contributed by atoms with Gasteiger partial charge in [-0.2, -0.15) is 0 Å². The minimum absolute atomic E-state index is 0.0171. The Labute approximate surface area is 178 Å². The molecule has 158 valence electrons. The fraction of sp³-hybridized carbons (Fsp3) is 0.300. The van der Waals surface area contributed by atoms with Gasteiger partial charge in [0.1, 0.15) is 0 Å². The SMILES string of the molecule is COc1ccc(C(=O)Nc2cccc(Cl)c2N2CCN(C(C)=O)CC2)cc1[N+](=O)[O-]. The number of anilines is 2. The number of hydrogen-bond acceptors (Lipinski definition) is 6. The predicted molar refractivity (Wildman–Crippen MR) is 114 cm³/mol. The highest BCUT2D eigenvalue weighted by Gasteiger charge is 2.24. The number of nitro groups is 1. The van der Waals surface area contributed by atoms with Crippen LogP contribution in [0.3, 0.4) is 0 Å². The Kier molecular flexibility index (Phi) is 6.41. The van der Waals surface area contributed by atoms with Crippen LogP contribution in [0.1, 0.15) is 17.3 Å². The highest BCUT2D eigenvalue weighted by molar-refractivity contribution is 6.34. The van der Waals surface area contributed by atoms with Crippen molar-refractivity contribution < 1.29 is 19.2 Å². The number of carbonyl (C=O) groups is 2. The molecule has 10 heteroatoms.